The summed E-state index contributed by atoms with van der Waals surface area (Å²) in [4.78, 5) is 60.8. The number of aliphatic carboxylic acids is 2. The normalized spacial score (nSPS) is 17.3. The van der Waals surface area contributed by atoms with Gasteiger partial charge in [0.05, 0.1) is 12.6 Å². The van der Waals surface area contributed by atoms with Gasteiger partial charge in [-0.1, -0.05) is 30.3 Å². The molecular formula is C21H28N4O7. The lowest BCUT2D eigenvalue weighted by molar-refractivity contribution is -0.149. The smallest absolute Gasteiger partial charge is 0.326 e. The van der Waals surface area contributed by atoms with E-state index in [2.05, 4.69) is 10.6 Å². The molecule has 1 fully saturated rings. The van der Waals surface area contributed by atoms with E-state index in [1.165, 1.54) is 0 Å². The van der Waals surface area contributed by atoms with Crippen molar-refractivity contribution in [2.45, 2.75) is 50.2 Å². The van der Waals surface area contributed by atoms with Crippen molar-refractivity contribution in [1.29, 1.82) is 0 Å². The van der Waals surface area contributed by atoms with Gasteiger partial charge < -0.3 is 31.5 Å². The first-order chi connectivity index (χ1) is 15.2. The van der Waals surface area contributed by atoms with Crippen LogP contribution in [-0.4, -0.2) is 76.0 Å². The van der Waals surface area contributed by atoms with Crippen molar-refractivity contribution in [2.75, 3.05) is 13.1 Å². The van der Waals surface area contributed by atoms with Crippen molar-refractivity contribution >= 4 is 29.7 Å². The number of benzene rings is 1. The summed E-state index contributed by atoms with van der Waals surface area (Å²) in [5.41, 5.74) is 6.73. The number of amides is 3. The molecule has 6 N–H and O–H groups in total. The summed E-state index contributed by atoms with van der Waals surface area (Å²) in [5.74, 6) is -4.23. The van der Waals surface area contributed by atoms with Crippen molar-refractivity contribution < 1.29 is 34.2 Å². The summed E-state index contributed by atoms with van der Waals surface area (Å²) in [5, 5.41) is 23.0. The number of nitrogens with zero attached hydrogens (tertiary/aromatic N) is 1. The van der Waals surface area contributed by atoms with Gasteiger partial charge in [-0.25, -0.2) is 4.79 Å². The quantitative estimate of drug-likeness (QED) is 0.289. The number of nitrogens with two attached hydrogens (primary N) is 1. The molecule has 2 rings (SSSR count). The summed E-state index contributed by atoms with van der Waals surface area (Å²) in [7, 11) is 0. The molecule has 0 bridgehead atoms. The van der Waals surface area contributed by atoms with Crippen molar-refractivity contribution in [3.63, 3.8) is 0 Å². The molecule has 32 heavy (non-hydrogen) atoms. The van der Waals surface area contributed by atoms with E-state index in [0.29, 0.717) is 6.42 Å². The van der Waals surface area contributed by atoms with Crippen LogP contribution >= 0.6 is 0 Å². The Morgan fingerprint density at radius 2 is 1.81 bits per heavy atom. The monoisotopic (exact) mass is 448 g/mol. The molecule has 0 saturated carbocycles. The lowest BCUT2D eigenvalue weighted by Crippen LogP contribution is -2.54. The number of likely N-dealkylation sites (tertiary alicyclic amines) is 1. The fourth-order valence-electron chi connectivity index (χ4n) is 3.52. The van der Waals surface area contributed by atoms with E-state index in [4.69, 9.17) is 10.8 Å². The van der Waals surface area contributed by atoms with Crippen LogP contribution in [0.2, 0.25) is 0 Å². The van der Waals surface area contributed by atoms with E-state index in [1.807, 2.05) is 30.3 Å². The lowest BCUT2D eigenvalue weighted by Gasteiger charge is -2.27. The number of hydrogen-bond donors (Lipinski definition) is 5. The number of carbonyl (C=O) groups excluding carboxylic acids is 3. The minimum atomic E-state index is -1.21. The molecule has 1 saturated heterocycles. The molecule has 11 nitrogen and oxygen atoms in total. The van der Waals surface area contributed by atoms with E-state index in [1.54, 1.807) is 0 Å². The molecular weight excluding hydrogens is 420 g/mol. The SMILES string of the molecule is NC(Cc1ccccc1)C(=O)NCC(=O)NC(CCC(=O)O)C(=O)N1CCCC1C(=O)O. The predicted molar refractivity (Wildman–Crippen MR) is 112 cm³/mol. The molecule has 0 aliphatic carbocycles. The molecule has 3 unspecified atom stereocenters. The van der Waals surface area contributed by atoms with Gasteiger partial charge >= 0.3 is 11.9 Å². The molecule has 11 heteroatoms. The van der Waals surface area contributed by atoms with Gasteiger partial charge in [0, 0.05) is 13.0 Å². The van der Waals surface area contributed by atoms with E-state index >= 15 is 0 Å². The van der Waals surface area contributed by atoms with Crippen LogP contribution in [0.1, 0.15) is 31.2 Å². The minimum absolute atomic E-state index is 0.204. The average Bonchev–Trinajstić information content (AvgIpc) is 3.25. The third-order valence-corrected chi connectivity index (χ3v) is 5.16. The van der Waals surface area contributed by atoms with Gasteiger partial charge in [-0.15, -0.1) is 0 Å². The Bertz CT molecular complexity index is 846. The number of hydrogen-bond acceptors (Lipinski definition) is 6. The van der Waals surface area contributed by atoms with Crippen molar-refractivity contribution in [2.24, 2.45) is 5.73 Å². The zero-order chi connectivity index (χ0) is 23.7. The van der Waals surface area contributed by atoms with Crippen molar-refractivity contribution in [1.82, 2.24) is 15.5 Å². The molecule has 3 amide bonds. The van der Waals surface area contributed by atoms with Crippen LogP contribution < -0.4 is 16.4 Å². The molecule has 1 aliphatic heterocycles. The van der Waals surface area contributed by atoms with Crippen LogP contribution in [0, 0.1) is 0 Å². The second kappa shape index (κ2) is 11.8. The van der Waals surface area contributed by atoms with Gasteiger partial charge in [-0.3, -0.25) is 19.2 Å². The van der Waals surface area contributed by atoms with Crippen LogP contribution in [-0.2, 0) is 30.4 Å². The Hall–Kier alpha value is -3.47. The maximum absolute atomic E-state index is 12.8. The number of nitrogens with one attached hydrogen (secondary N) is 2. The molecule has 1 aromatic carbocycles. The topological polar surface area (TPSA) is 179 Å². The lowest BCUT2D eigenvalue weighted by atomic mass is 10.1. The van der Waals surface area contributed by atoms with Crippen molar-refractivity contribution in [3.05, 3.63) is 35.9 Å². The fourth-order valence-corrected chi connectivity index (χ4v) is 3.52. The minimum Gasteiger partial charge on any atom is -0.481 e. The van der Waals surface area contributed by atoms with E-state index < -0.39 is 60.8 Å². The van der Waals surface area contributed by atoms with E-state index in [9.17, 15) is 29.1 Å². The van der Waals surface area contributed by atoms with Gasteiger partial charge in [0.2, 0.25) is 17.7 Å². The number of rotatable bonds is 11. The van der Waals surface area contributed by atoms with E-state index in [-0.39, 0.29) is 25.8 Å². The van der Waals surface area contributed by atoms with Crippen LogP contribution in [0.4, 0.5) is 0 Å². The molecule has 1 heterocycles. The van der Waals surface area contributed by atoms with Gasteiger partial charge in [0.25, 0.3) is 0 Å². The highest BCUT2D eigenvalue weighted by atomic mass is 16.4. The van der Waals surface area contributed by atoms with Crippen LogP contribution in [0.25, 0.3) is 0 Å². The van der Waals surface area contributed by atoms with Crippen LogP contribution in [0.5, 0.6) is 0 Å². The Balaban J connectivity index is 1.92. The third-order valence-electron chi connectivity index (χ3n) is 5.16. The Morgan fingerprint density at radius 1 is 1.12 bits per heavy atom. The number of carbonyl (C=O) groups is 5. The van der Waals surface area contributed by atoms with Crippen molar-refractivity contribution in [3.8, 4) is 0 Å². The molecule has 3 atom stereocenters. The Kier molecular flexibility index (Phi) is 9.14. The highest BCUT2D eigenvalue weighted by molar-refractivity contribution is 5.93. The first-order valence-electron chi connectivity index (χ1n) is 10.3. The zero-order valence-electron chi connectivity index (χ0n) is 17.5. The molecule has 0 aromatic heterocycles. The van der Waals surface area contributed by atoms with Gasteiger partial charge in [-0.2, -0.15) is 0 Å². The Morgan fingerprint density at radius 3 is 2.44 bits per heavy atom. The highest BCUT2D eigenvalue weighted by Crippen LogP contribution is 2.19. The van der Waals surface area contributed by atoms with Crippen LogP contribution in [0.15, 0.2) is 30.3 Å². The molecule has 0 spiro atoms. The number of carboxylic acids is 2. The Labute approximate surface area is 184 Å². The summed E-state index contributed by atoms with van der Waals surface area (Å²) in [6.45, 7) is -0.249. The summed E-state index contributed by atoms with van der Waals surface area (Å²) in [6.07, 6.45) is 0.466. The summed E-state index contributed by atoms with van der Waals surface area (Å²) < 4.78 is 0. The fraction of sp³-hybridized carbons (Fsp3) is 0.476. The predicted octanol–water partition coefficient (Wildman–Crippen LogP) is -0.902. The second-order valence-corrected chi connectivity index (χ2v) is 7.59. The molecule has 1 aliphatic rings. The highest BCUT2D eigenvalue weighted by Gasteiger charge is 2.37. The van der Waals surface area contributed by atoms with Gasteiger partial charge in [0.15, 0.2) is 0 Å². The third kappa shape index (κ3) is 7.34. The second-order valence-electron chi connectivity index (χ2n) is 7.59. The van der Waals surface area contributed by atoms with Crippen LogP contribution in [0.3, 0.4) is 0 Å². The first kappa shape index (κ1) is 24.8. The zero-order valence-corrected chi connectivity index (χ0v) is 17.5. The largest absolute Gasteiger partial charge is 0.481 e. The summed E-state index contributed by atoms with van der Waals surface area (Å²) in [6, 6.07) is 6.00. The summed E-state index contributed by atoms with van der Waals surface area (Å²) >= 11 is 0. The van der Waals surface area contributed by atoms with Gasteiger partial charge in [0.1, 0.15) is 12.1 Å². The molecule has 0 radical (unpaired) electrons. The molecule has 1 aromatic rings. The van der Waals surface area contributed by atoms with E-state index in [0.717, 1.165) is 10.5 Å². The molecule has 174 valence electrons. The average molecular weight is 448 g/mol. The first-order valence-corrected chi connectivity index (χ1v) is 10.3. The number of carboxylic acid groups (broad SMARTS) is 2. The maximum atomic E-state index is 12.8. The standard InChI is InChI=1S/C21H28N4O7/c22-14(11-13-5-2-1-3-6-13)19(29)23-12-17(26)24-15(8-9-18(27)28)20(30)25-10-4-7-16(25)21(31)32/h1-3,5-6,14-16H,4,7-12,22H2,(H,23,29)(H,24,26)(H,27,28)(H,31,32). The van der Waals surface area contributed by atoms with Gasteiger partial charge in [-0.05, 0) is 31.2 Å². The maximum Gasteiger partial charge on any atom is 0.326 e.